The smallest absolute Gasteiger partial charge is 0.0489 e. The SMILES string of the molecule is CC(C)COCCCNC1CCS(=O)CC1. The molecule has 0 aromatic heterocycles. The van der Waals surface area contributed by atoms with Gasteiger partial charge in [0.2, 0.25) is 0 Å². The molecule has 0 spiro atoms. The Morgan fingerprint density at radius 1 is 1.38 bits per heavy atom. The van der Waals surface area contributed by atoms with Gasteiger partial charge in [-0.25, -0.2) is 0 Å². The van der Waals surface area contributed by atoms with Crippen molar-refractivity contribution < 1.29 is 8.95 Å². The van der Waals surface area contributed by atoms with Gasteiger partial charge in [0.15, 0.2) is 0 Å². The van der Waals surface area contributed by atoms with Gasteiger partial charge in [0.1, 0.15) is 0 Å². The third-order valence-corrected chi connectivity index (χ3v) is 4.12. The van der Waals surface area contributed by atoms with Crippen molar-refractivity contribution in [2.24, 2.45) is 5.92 Å². The Bertz CT molecular complexity index is 199. The summed E-state index contributed by atoms with van der Waals surface area (Å²) in [5.41, 5.74) is 0. The molecule has 1 rings (SSSR count). The molecule has 1 N–H and O–H groups in total. The Morgan fingerprint density at radius 3 is 2.69 bits per heavy atom. The second-order valence-corrected chi connectivity index (χ2v) is 6.59. The fraction of sp³-hybridized carbons (Fsp3) is 1.00. The first-order valence-electron chi connectivity index (χ1n) is 6.34. The Hall–Kier alpha value is 0.0700. The van der Waals surface area contributed by atoms with Crippen LogP contribution in [0.15, 0.2) is 0 Å². The molecule has 1 heterocycles. The van der Waals surface area contributed by atoms with Crippen molar-refractivity contribution in [2.75, 3.05) is 31.3 Å². The summed E-state index contributed by atoms with van der Waals surface area (Å²) in [5.74, 6) is 2.38. The van der Waals surface area contributed by atoms with E-state index >= 15 is 0 Å². The van der Waals surface area contributed by atoms with Gasteiger partial charge >= 0.3 is 0 Å². The highest BCUT2D eigenvalue weighted by atomic mass is 32.2. The van der Waals surface area contributed by atoms with E-state index < -0.39 is 10.8 Å². The van der Waals surface area contributed by atoms with E-state index in [1.165, 1.54) is 0 Å². The lowest BCUT2D eigenvalue weighted by molar-refractivity contribution is 0.107. The zero-order chi connectivity index (χ0) is 11.8. The number of hydrogen-bond acceptors (Lipinski definition) is 3. The first kappa shape index (κ1) is 14.1. The minimum Gasteiger partial charge on any atom is -0.381 e. The lowest BCUT2D eigenvalue weighted by Crippen LogP contribution is -2.36. The topological polar surface area (TPSA) is 38.3 Å². The van der Waals surface area contributed by atoms with E-state index in [-0.39, 0.29) is 0 Å². The van der Waals surface area contributed by atoms with Crippen LogP contribution in [-0.2, 0) is 15.5 Å². The predicted octanol–water partition coefficient (Wildman–Crippen LogP) is 1.55. The molecule has 0 aromatic rings. The lowest BCUT2D eigenvalue weighted by Gasteiger charge is -2.22. The molecule has 0 amide bonds. The van der Waals surface area contributed by atoms with Gasteiger partial charge < -0.3 is 10.1 Å². The van der Waals surface area contributed by atoms with Gasteiger partial charge in [-0.1, -0.05) is 13.8 Å². The Labute approximate surface area is 102 Å². The molecule has 0 bridgehead atoms. The zero-order valence-electron chi connectivity index (χ0n) is 10.5. The van der Waals surface area contributed by atoms with Crippen molar-refractivity contribution in [2.45, 2.75) is 39.2 Å². The molecule has 4 heteroatoms. The van der Waals surface area contributed by atoms with E-state index in [2.05, 4.69) is 19.2 Å². The van der Waals surface area contributed by atoms with Crippen molar-refractivity contribution in [3.8, 4) is 0 Å². The molecule has 1 aliphatic rings. The highest BCUT2D eigenvalue weighted by Crippen LogP contribution is 2.08. The molecule has 0 saturated carbocycles. The van der Waals surface area contributed by atoms with E-state index in [4.69, 9.17) is 4.74 Å². The van der Waals surface area contributed by atoms with Crippen LogP contribution in [-0.4, -0.2) is 41.5 Å². The fourth-order valence-electron chi connectivity index (χ4n) is 1.80. The number of hydrogen-bond donors (Lipinski definition) is 1. The monoisotopic (exact) mass is 247 g/mol. The molecule has 1 aliphatic heterocycles. The third kappa shape index (κ3) is 6.61. The highest BCUT2D eigenvalue weighted by molar-refractivity contribution is 7.85. The van der Waals surface area contributed by atoms with Gasteiger partial charge in [-0.3, -0.25) is 4.21 Å². The average molecular weight is 247 g/mol. The lowest BCUT2D eigenvalue weighted by atomic mass is 10.1. The molecule has 0 radical (unpaired) electrons. The molecule has 0 aromatic carbocycles. The van der Waals surface area contributed by atoms with Gasteiger partial charge in [0.25, 0.3) is 0 Å². The van der Waals surface area contributed by atoms with Crippen LogP contribution in [0.3, 0.4) is 0 Å². The second-order valence-electron chi connectivity index (χ2n) is 4.90. The Morgan fingerprint density at radius 2 is 2.06 bits per heavy atom. The van der Waals surface area contributed by atoms with Crippen molar-refractivity contribution >= 4 is 10.8 Å². The summed E-state index contributed by atoms with van der Waals surface area (Å²) >= 11 is 0. The summed E-state index contributed by atoms with van der Waals surface area (Å²) in [6.45, 7) is 7.07. The molecular formula is C12H25NO2S. The molecule has 0 aliphatic carbocycles. The third-order valence-electron chi connectivity index (χ3n) is 2.74. The predicted molar refractivity (Wildman–Crippen MR) is 69.2 cm³/mol. The summed E-state index contributed by atoms with van der Waals surface area (Å²) < 4.78 is 16.7. The summed E-state index contributed by atoms with van der Waals surface area (Å²) in [6.07, 6.45) is 3.21. The maximum Gasteiger partial charge on any atom is 0.0489 e. The van der Waals surface area contributed by atoms with E-state index in [0.717, 1.165) is 50.5 Å². The number of ether oxygens (including phenoxy) is 1. The van der Waals surface area contributed by atoms with Crippen molar-refractivity contribution in [3.05, 3.63) is 0 Å². The van der Waals surface area contributed by atoms with Crippen LogP contribution in [0.4, 0.5) is 0 Å². The maximum atomic E-state index is 11.2. The van der Waals surface area contributed by atoms with Gasteiger partial charge in [-0.05, 0) is 31.7 Å². The summed E-state index contributed by atoms with van der Waals surface area (Å²) in [4.78, 5) is 0. The second kappa shape index (κ2) is 8.20. The van der Waals surface area contributed by atoms with Crippen LogP contribution >= 0.6 is 0 Å². The Kier molecular flexibility index (Phi) is 7.25. The minimum atomic E-state index is -0.541. The molecule has 16 heavy (non-hydrogen) atoms. The van der Waals surface area contributed by atoms with Crippen LogP contribution in [0.25, 0.3) is 0 Å². The molecule has 96 valence electrons. The van der Waals surface area contributed by atoms with Gasteiger partial charge in [-0.15, -0.1) is 0 Å². The van der Waals surface area contributed by atoms with Crippen LogP contribution in [0.5, 0.6) is 0 Å². The van der Waals surface area contributed by atoms with Gasteiger partial charge in [-0.2, -0.15) is 0 Å². The van der Waals surface area contributed by atoms with E-state index in [9.17, 15) is 4.21 Å². The molecule has 0 atom stereocenters. The highest BCUT2D eigenvalue weighted by Gasteiger charge is 2.16. The van der Waals surface area contributed by atoms with Crippen LogP contribution in [0.1, 0.15) is 33.1 Å². The molecule has 1 saturated heterocycles. The van der Waals surface area contributed by atoms with Crippen LogP contribution in [0.2, 0.25) is 0 Å². The molecule has 3 nitrogen and oxygen atoms in total. The normalized spacial score (nSPS) is 26.2. The number of rotatable bonds is 7. The van der Waals surface area contributed by atoms with E-state index in [1.807, 2.05) is 0 Å². The van der Waals surface area contributed by atoms with Gasteiger partial charge in [0, 0.05) is 41.6 Å². The van der Waals surface area contributed by atoms with Gasteiger partial charge in [0.05, 0.1) is 0 Å². The van der Waals surface area contributed by atoms with Crippen LogP contribution < -0.4 is 5.32 Å². The largest absolute Gasteiger partial charge is 0.381 e. The molecule has 0 unspecified atom stereocenters. The van der Waals surface area contributed by atoms with Crippen molar-refractivity contribution in [1.29, 1.82) is 0 Å². The van der Waals surface area contributed by atoms with E-state index in [0.29, 0.717) is 12.0 Å². The van der Waals surface area contributed by atoms with Crippen molar-refractivity contribution in [1.82, 2.24) is 5.32 Å². The quantitative estimate of drug-likeness (QED) is 0.694. The summed E-state index contributed by atoms with van der Waals surface area (Å²) in [7, 11) is -0.541. The Balaban J connectivity index is 1.89. The fourth-order valence-corrected chi connectivity index (χ4v) is 3.10. The van der Waals surface area contributed by atoms with Crippen molar-refractivity contribution in [3.63, 3.8) is 0 Å². The average Bonchev–Trinajstić information content (AvgIpc) is 2.25. The first-order chi connectivity index (χ1) is 7.68. The number of nitrogens with one attached hydrogen (secondary N) is 1. The first-order valence-corrected chi connectivity index (χ1v) is 7.83. The molecular weight excluding hydrogens is 222 g/mol. The maximum absolute atomic E-state index is 11.2. The minimum absolute atomic E-state index is 0.541. The van der Waals surface area contributed by atoms with Crippen LogP contribution in [0, 0.1) is 5.92 Å². The summed E-state index contributed by atoms with van der Waals surface area (Å²) in [6, 6.07) is 0.586. The zero-order valence-corrected chi connectivity index (χ0v) is 11.4. The summed E-state index contributed by atoms with van der Waals surface area (Å²) in [5, 5.41) is 3.52. The van der Waals surface area contributed by atoms with E-state index in [1.54, 1.807) is 0 Å². The molecule has 1 fully saturated rings. The standard InChI is InChI=1S/C12H25NO2S/c1-11(2)10-15-7-3-6-13-12-4-8-16(14)9-5-12/h11-13H,3-10H2,1-2H3.